The van der Waals surface area contributed by atoms with Crippen LogP contribution in [-0.4, -0.2) is 106 Å². The zero-order valence-electron chi connectivity index (χ0n) is 38.1. The molecule has 0 aliphatic carbocycles. The summed E-state index contributed by atoms with van der Waals surface area (Å²) in [6, 6.07) is 21.4. The molecule has 0 spiro atoms. The van der Waals surface area contributed by atoms with E-state index in [9.17, 15) is 19.2 Å². The number of anilines is 2. The molecule has 66 heavy (non-hydrogen) atoms. The van der Waals surface area contributed by atoms with Crippen LogP contribution in [-0.2, 0) is 34.1 Å². The summed E-state index contributed by atoms with van der Waals surface area (Å²) in [7, 11) is 0. The molecule has 5 aliphatic rings. The third-order valence-electron chi connectivity index (χ3n) is 14.1. The van der Waals surface area contributed by atoms with E-state index in [1.165, 1.54) is 31.5 Å². The standard InChI is InChI=1S/C51H63N9O5S/c1-51(52)20-23-59(24-21-51)45-26-54-48(27-53-45)66-40-10-7-9-39(25-40)55-46(61)13-5-3-2-4-6-22-57-29-37-31-58(32-38(37)30-57)28-35-14-16-36(17-15-35)34-65-44-12-8-11-41-42(44)33-60(50(41)64)43-18-19-47(62)56-49(43)63/h7-12,14-17,25-27,37-38,43H,2-6,13,18-24,28-34,52H2,1H3,(H,55,61)(H,56,62,63). The molecule has 4 aromatic rings. The van der Waals surface area contributed by atoms with E-state index in [4.69, 9.17) is 10.5 Å². The molecule has 4 fully saturated rings. The molecule has 0 radical (unpaired) electrons. The van der Waals surface area contributed by atoms with Crippen LogP contribution in [0.25, 0.3) is 0 Å². The van der Waals surface area contributed by atoms with Gasteiger partial charge in [0.05, 0.1) is 18.9 Å². The van der Waals surface area contributed by atoms with E-state index in [-0.39, 0.29) is 36.2 Å². The lowest BCUT2D eigenvalue weighted by molar-refractivity contribution is -0.137. The minimum absolute atomic E-state index is 0.0616. The van der Waals surface area contributed by atoms with Gasteiger partial charge in [0.1, 0.15) is 29.2 Å². The molecule has 348 valence electrons. The van der Waals surface area contributed by atoms with Crippen molar-refractivity contribution in [2.45, 2.75) is 112 Å². The molecule has 4 amide bonds. The van der Waals surface area contributed by atoms with Crippen molar-refractivity contribution in [2.24, 2.45) is 17.6 Å². The minimum Gasteiger partial charge on any atom is -0.489 e. The number of fused-ring (bicyclic) bond motifs is 2. The van der Waals surface area contributed by atoms with Gasteiger partial charge in [0.25, 0.3) is 5.91 Å². The highest BCUT2D eigenvalue weighted by atomic mass is 32.2. The predicted molar refractivity (Wildman–Crippen MR) is 255 cm³/mol. The maximum absolute atomic E-state index is 13.2. The van der Waals surface area contributed by atoms with Gasteiger partial charge < -0.3 is 30.5 Å². The zero-order valence-corrected chi connectivity index (χ0v) is 38.9. The smallest absolute Gasteiger partial charge is 0.255 e. The number of nitrogens with two attached hydrogens (primary N) is 1. The molecule has 1 aromatic heterocycles. The molecular weight excluding hydrogens is 851 g/mol. The fourth-order valence-corrected chi connectivity index (χ4v) is 11.0. The van der Waals surface area contributed by atoms with Crippen molar-refractivity contribution in [2.75, 3.05) is 56.0 Å². The van der Waals surface area contributed by atoms with Crippen molar-refractivity contribution >= 4 is 46.9 Å². The molecule has 3 aromatic carbocycles. The normalized spacial score (nSPS) is 21.8. The quantitative estimate of drug-likeness (QED) is 0.0722. The first-order chi connectivity index (χ1) is 32.0. The number of aromatic nitrogens is 2. The summed E-state index contributed by atoms with van der Waals surface area (Å²) < 4.78 is 6.24. The highest BCUT2D eigenvalue weighted by Gasteiger charge is 2.41. The summed E-state index contributed by atoms with van der Waals surface area (Å²) in [6.07, 6.45) is 12.2. The third kappa shape index (κ3) is 11.4. The molecule has 9 rings (SSSR count). The lowest BCUT2D eigenvalue weighted by atomic mass is 9.91. The van der Waals surface area contributed by atoms with E-state index in [0.29, 0.717) is 30.8 Å². The van der Waals surface area contributed by atoms with Crippen molar-refractivity contribution in [3.8, 4) is 5.75 Å². The summed E-state index contributed by atoms with van der Waals surface area (Å²) in [5.74, 6) is 2.15. The van der Waals surface area contributed by atoms with E-state index < -0.39 is 11.9 Å². The van der Waals surface area contributed by atoms with Crippen LogP contribution >= 0.6 is 11.8 Å². The van der Waals surface area contributed by atoms with Crippen LogP contribution in [0, 0.1) is 11.8 Å². The van der Waals surface area contributed by atoms with Gasteiger partial charge in [-0.05, 0) is 98.9 Å². The second-order valence-corrected chi connectivity index (χ2v) is 20.4. The first-order valence-corrected chi connectivity index (χ1v) is 24.7. The van der Waals surface area contributed by atoms with E-state index in [1.54, 1.807) is 22.7 Å². The van der Waals surface area contributed by atoms with Crippen LogP contribution in [0.3, 0.4) is 0 Å². The molecule has 6 heterocycles. The Morgan fingerprint density at radius 3 is 2.36 bits per heavy atom. The average Bonchev–Trinajstić information content (AvgIpc) is 3.97. The number of rotatable bonds is 18. The van der Waals surface area contributed by atoms with E-state index in [2.05, 4.69) is 66.5 Å². The van der Waals surface area contributed by atoms with Gasteiger partial charge >= 0.3 is 0 Å². The van der Waals surface area contributed by atoms with Crippen LogP contribution in [0.5, 0.6) is 5.75 Å². The fraction of sp³-hybridized carbons (Fsp3) is 0.490. The Hall–Kier alpha value is -5.35. The predicted octanol–water partition coefficient (Wildman–Crippen LogP) is 6.63. The molecule has 3 atom stereocenters. The number of carbonyl (C=O) groups is 4. The molecule has 0 saturated carbocycles. The minimum atomic E-state index is -0.650. The van der Waals surface area contributed by atoms with Crippen molar-refractivity contribution in [3.63, 3.8) is 0 Å². The number of carbonyl (C=O) groups excluding carboxylic acids is 4. The lowest BCUT2D eigenvalue weighted by Gasteiger charge is -2.37. The van der Waals surface area contributed by atoms with Gasteiger partial charge in [-0.1, -0.05) is 67.4 Å². The maximum Gasteiger partial charge on any atom is 0.255 e. The molecular formula is C51H63N9O5S. The van der Waals surface area contributed by atoms with Crippen LogP contribution in [0.15, 0.2) is 89.0 Å². The topological polar surface area (TPSA) is 166 Å². The van der Waals surface area contributed by atoms with Crippen molar-refractivity contribution in [3.05, 3.63) is 101 Å². The summed E-state index contributed by atoms with van der Waals surface area (Å²) in [5.41, 5.74) is 10.7. The van der Waals surface area contributed by atoms with Gasteiger partial charge in [-0.15, -0.1) is 0 Å². The van der Waals surface area contributed by atoms with Crippen LogP contribution in [0.1, 0.15) is 98.2 Å². The van der Waals surface area contributed by atoms with Gasteiger partial charge in [-0.2, -0.15) is 0 Å². The largest absolute Gasteiger partial charge is 0.489 e. The molecule has 14 nitrogen and oxygen atoms in total. The number of ether oxygens (including phenoxy) is 1. The summed E-state index contributed by atoms with van der Waals surface area (Å²) >= 11 is 1.54. The Balaban J connectivity index is 0.621. The molecule has 15 heteroatoms. The number of likely N-dealkylation sites (tertiary alicyclic amines) is 2. The summed E-state index contributed by atoms with van der Waals surface area (Å²) in [6.45, 7) is 11.3. The summed E-state index contributed by atoms with van der Waals surface area (Å²) in [5, 5.41) is 6.27. The number of piperidine rings is 2. The van der Waals surface area contributed by atoms with Crippen LogP contribution in [0.4, 0.5) is 11.5 Å². The van der Waals surface area contributed by atoms with E-state index in [0.717, 1.165) is 116 Å². The number of unbranched alkanes of at least 4 members (excludes halogenated alkanes) is 4. The fourth-order valence-electron chi connectivity index (χ4n) is 10.3. The zero-order chi connectivity index (χ0) is 45.6. The van der Waals surface area contributed by atoms with Crippen molar-refractivity contribution < 1.29 is 23.9 Å². The van der Waals surface area contributed by atoms with Gasteiger partial charge in [-0.3, -0.25) is 29.4 Å². The Morgan fingerprint density at radius 2 is 1.61 bits per heavy atom. The molecule has 3 unspecified atom stereocenters. The number of hydrogen-bond acceptors (Lipinski definition) is 12. The van der Waals surface area contributed by atoms with Crippen molar-refractivity contribution in [1.29, 1.82) is 0 Å². The number of nitrogens with zero attached hydrogens (tertiary/aromatic N) is 6. The highest BCUT2D eigenvalue weighted by Crippen LogP contribution is 2.35. The highest BCUT2D eigenvalue weighted by molar-refractivity contribution is 7.99. The van der Waals surface area contributed by atoms with Gasteiger partial charge in [0, 0.05) is 85.9 Å². The second-order valence-electron chi connectivity index (χ2n) is 19.3. The second kappa shape index (κ2) is 20.7. The Bertz CT molecular complexity index is 2360. The third-order valence-corrected chi connectivity index (χ3v) is 15.0. The maximum atomic E-state index is 13.2. The van der Waals surface area contributed by atoms with E-state index in [1.807, 2.05) is 48.8 Å². The average molecular weight is 914 g/mol. The number of imide groups is 1. The Kier molecular flexibility index (Phi) is 14.3. The van der Waals surface area contributed by atoms with Crippen molar-refractivity contribution in [1.82, 2.24) is 30.0 Å². The number of hydrogen-bond donors (Lipinski definition) is 3. The van der Waals surface area contributed by atoms with Crippen LogP contribution in [0.2, 0.25) is 0 Å². The van der Waals surface area contributed by atoms with Gasteiger partial charge in [0.2, 0.25) is 17.7 Å². The molecule has 4 N–H and O–H groups in total. The number of amides is 4. The lowest BCUT2D eigenvalue weighted by Crippen LogP contribution is -2.52. The van der Waals surface area contributed by atoms with Gasteiger partial charge in [0.15, 0.2) is 0 Å². The molecule has 0 bridgehead atoms. The van der Waals surface area contributed by atoms with Gasteiger partial charge in [-0.25, -0.2) is 9.97 Å². The van der Waals surface area contributed by atoms with Crippen LogP contribution < -0.4 is 26.0 Å². The first kappa shape index (κ1) is 45.8. The number of benzene rings is 3. The summed E-state index contributed by atoms with van der Waals surface area (Å²) in [4.78, 5) is 69.5. The Morgan fingerprint density at radius 1 is 0.879 bits per heavy atom. The molecule has 4 saturated heterocycles. The monoisotopic (exact) mass is 913 g/mol. The first-order valence-electron chi connectivity index (χ1n) is 23.9. The Labute approximate surface area is 392 Å². The van der Waals surface area contributed by atoms with E-state index >= 15 is 0 Å². The number of nitrogens with one attached hydrogen (secondary N) is 2. The SMILES string of the molecule is CC1(N)CCN(c2cnc(Sc3cccc(NC(=O)CCCCCCCN4CC5CN(Cc6ccc(COc7cccc8c7CN(C7CCC(=O)NC7=O)C8=O)cc6)CC5C4)c3)cn2)CC1. The molecule has 5 aliphatic heterocycles.